The molecule has 1 aliphatic heterocycles. The number of para-hydroxylation sites is 1. The first-order valence-electron chi connectivity index (χ1n) is 6.29. The van der Waals surface area contributed by atoms with Gasteiger partial charge in [0.1, 0.15) is 11.9 Å². The van der Waals surface area contributed by atoms with E-state index in [1.54, 1.807) is 18.2 Å². The maximum Gasteiger partial charge on any atom is 0.245 e. The SMILES string of the molecule is CC1CNC(CC#N)C(=O)N(c2ccccc2F)C1. The van der Waals surface area contributed by atoms with Crippen LogP contribution in [0, 0.1) is 23.1 Å². The molecule has 2 unspecified atom stereocenters. The molecule has 1 N–H and O–H groups in total. The maximum absolute atomic E-state index is 13.8. The molecule has 0 radical (unpaired) electrons. The summed E-state index contributed by atoms with van der Waals surface area (Å²) >= 11 is 0. The molecular weight excluding hydrogens is 245 g/mol. The molecule has 1 aliphatic rings. The van der Waals surface area contributed by atoms with Gasteiger partial charge in [-0.15, -0.1) is 0 Å². The minimum atomic E-state index is -0.561. The fourth-order valence-electron chi connectivity index (χ4n) is 2.22. The van der Waals surface area contributed by atoms with Crippen molar-refractivity contribution in [1.29, 1.82) is 5.26 Å². The van der Waals surface area contributed by atoms with Crippen LogP contribution in [0.3, 0.4) is 0 Å². The second-order valence-electron chi connectivity index (χ2n) is 4.83. The van der Waals surface area contributed by atoms with Crippen molar-refractivity contribution in [2.45, 2.75) is 19.4 Å². The molecule has 2 rings (SSSR count). The Bertz CT molecular complexity index is 512. The van der Waals surface area contributed by atoms with Crippen molar-refractivity contribution < 1.29 is 9.18 Å². The van der Waals surface area contributed by atoms with Crippen LogP contribution in [0.4, 0.5) is 10.1 Å². The van der Waals surface area contributed by atoms with Gasteiger partial charge in [-0.2, -0.15) is 5.26 Å². The van der Waals surface area contributed by atoms with Crippen LogP contribution >= 0.6 is 0 Å². The second-order valence-corrected chi connectivity index (χ2v) is 4.83. The second kappa shape index (κ2) is 5.81. The Kier molecular flexibility index (Phi) is 4.13. The van der Waals surface area contributed by atoms with E-state index in [4.69, 9.17) is 5.26 Å². The van der Waals surface area contributed by atoms with Crippen molar-refractivity contribution in [1.82, 2.24) is 5.32 Å². The number of carbonyl (C=O) groups is 1. The predicted molar refractivity (Wildman–Crippen MR) is 69.9 cm³/mol. The van der Waals surface area contributed by atoms with Gasteiger partial charge in [-0.3, -0.25) is 4.79 Å². The van der Waals surface area contributed by atoms with Crippen molar-refractivity contribution in [2.24, 2.45) is 5.92 Å². The fraction of sp³-hybridized carbons (Fsp3) is 0.429. The highest BCUT2D eigenvalue weighted by atomic mass is 19.1. The van der Waals surface area contributed by atoms with E-state index in [0.717, 1.165) is 0 Å². The van der Waals surface area contributed by atoms with Crippen molar-refractivity contribution in [3.8, 4) is 6.07 Å². The normalized spacial score (nSPS) is 23.8. The molecule has 1 aromatic rings. The Morgan fingerprint density at radius 3 is 2.95 bits per heavy atom. The summed E-state index contributed by atoms with van der Waals surface area (Å²) in [5.74, 6) is -0.455. The highest BCUT2D eigenvalue weighted by Gasteiger charge is 2.31. The Labute approximate surface area is 111 Å². The van der Waals surface area contributed by atoms with Crippen LogP contribution < -0.4 is 10.2 Å². The molecule has 5 heteroatoms. The van der Waals surface area contributed by atoms with Crippen LogP contribution in [-0.2, 0) is 4.79 Å². The molecule has 1 heterocycles. The minimum Gasteiger partial charge on any atom is -0.308 e. The van der Waals surface area contributed by atoms with E-state index < -0.39 is 11.9 Å². The van der Waals surface area contributed by atoms with E-state index in [-0.39, 0.29) is 23.9 Å². The van der Waals surface area contributed by atoms with Crippen LogP contribution in [0.5, 0.6) is 0 Å². The van der Waals surface area contributed by atoms with Crippen LogP contribution in [0.25, 0.3) is 0 Å². The molecular formula is C14H16FN3O. The molecule has 100 valence electrons. The van der Waals surface area contributed by atoms with E-state index >= 15 is 0 Å². The topological polar surface area (TPSA) is 56.1 Å². The summed E-state index contributed by atoms with van der Waals surface area (Å²) in [5, 5.41) is 11.8. The van der Waals surface area contributed by atoms with Gasteiger partial charge in [0.2, 0.25) is 5.91 Å². The molecule has 19 heavy (non-hydrogen) atoms. The number of anilines is 1. The summed E-state index contributed by atoms with van der Waals surface area (Å²) < 4.78 is 13.8. The molecule has 1 fully saturated rings. The lowest BCUT2D eigenvalue weighted by atomic mass is 10.1. The van der Waals surface area contributed by atoms with Gasteiger partial charge in [-0.05, 0) is 18.1 Å². The van der Waals surface area contributed by atoms with Crippen LogP contribution in [0.2, 0.25) is 0 Å². The Morgan fingerprint density at radius 1 is 1.53 bits per heavy atom. The van der Waals surface area contributed by atoms with E-state index in [2.05, 4.69) is 5.32 Å². The molecule has 0 bridgehead atoms. The van der Waals surface area contributed by atoms with Gasteiger partial charge in [0.25, 0.3) is 0 Å². The average Bonchev–Trinajstić information content (AvgIpc) is 2.53. The lowest BCUT2D eigenvalue weighted by Crippen LogP contribution is -2.43. The summed E-state index contributed by atoms with van der Waals surface area (Å²) in [4.78, 5) is 13.8. The molecule has 2 atom stereocenters. The highest BCUT2D eigenvalue weighted by Crippen LogP contribution is 2.22. The Hall–Kier alpha value is -1.93. The number of hydrogen-bond acceptors (Lipinski definition) is 3. The number of nitrogens with one attached hydrogen (secondary N) is 1. The third-order valence-electron chi connectivity index (χ3n) is 3.21. The first-order valence-corrected chi connectivity index (χ1v) is 6.29. The van der Waals surface area contributed by atoms with Crippen molar-refractivity contribution in [2.75, 3.05) is 18.0 Å². The average molecular weight is 261 g/mol. The van der Waals surface area contributed by atoms with E-state index in [1.807, 2.05) is 13.0 Å². The molecule has 0 aliphatic carbocycles. The number of halogens is 1. The number of carbonyl (C=O) groups excluding carboxylic acids is 1. The molecule has 4 nitrogen and oxygen atoms in total. The van der Waals surface area contributed by atoms with Crippen molar-refractivity contribution >= 4 is 11.6 Å². The zero-order valence-electron chi connectivity index (χ0n) is 10.8. The van der Waals surface area contributed by atoms with Gasteiger partial charge >= 0.3 is 0 Å². The number of nitriles is 1. The third kappa shape index (κ3) is 2.91. The summed E-state index contributed by atoms with van der Waals surface area (Å²) in [6.45, 7) is 3.08. The lowest BCUT2D eigenvalue weighted by molar-refractivity contribution is -0.120. The smallest absolute Gasteiger partial charge is 0.245 e. The first-order chi connectivity index (χ1) is 9.13. The highest BCUT2D eigenvalue weighted by molar-refractivity contribution is 5.97. The number of nitrogens with zero attached hydrogens (tertiary/aromatic N) is 2. The van der Waals surface area contributed by atoms with E-state index in [9.17, 15) is 9.18 Å². The standard InChI is InChI=1S/C14H16FN3O/c1-10-8-17-12(6-7-16)14(19)18(9-10)13-5-3-2-4-11(13)15/h2-5,10,12,17H,6,8-9H2,1H3. The molecule has 1 amide bonds. The zero-order chi connectivity index (χ0) is 13.8. The van der Waals surface area contributed by atoms with Crippen molar-refractivity contribution in [3.05, 3.63) is 30.1 Å². The number of amides is 1. The largest absolute Gasteiger partial charge is 0.308 e. The van der Waals surface area contributed by atoms with Gasteiger partial charge in [0.15, 0.2) is 0 Å². The van der Waals surface area contributed by atoms with Gasteiger partial charge in [0.05, 0.1) is 18.2 Å². The summed E-state index contributed by atoms with van der Waals surface area (Å²) in [7, 11) is 0. The summed E-state index contributed by atoms with van der Waals surface area (Å²) in [6, 6.07) is 7.66. The van der Waals surface area contributed by atoms with Crippen molar-refractivity contribution in [3.63, 3.8) is 0 Å². The predicted octanol–water partition coefficient (Wildman–Crippen LogP) is 1.68. The molecule has 1 saturated heterocycles. The quantitative estimate of drug-likeness (QED) is 0.881. The first kappa shape index (κ1) is 13.5. The molecule has 0 saturated carbocycles. The Morgan fingerprint density at radius 2 is 2.26 bits per heavy atom. The van der Waals surface area contributed by atoms with Crippen LogP contribution in [-0.4, -0.2) is 25.0 Å². The summed E-state index contributed by atoms with van der Waals surface area (Å²) in [5.41, 5.74) is 0.283. The van der Waals surface area contributed by atoms with Crippen LogP contribution in [0.1, 0.15) is 13.3 Å². The van der Waals surface area contributed by atoms with Crippen LogP contribution in [0.15, 0.2) is 24.3 Å². The monoisotopic (exact) mass is 261 g/mol. The lowest BCUT2D eigenvalue weighted by Gasteiger charge is -2.24. The molecule has 0 aromatic heterocycles. The summed E-state index contributed by atoms with van der Waals surface area (Å²) in [6.07, 6.45) is 0.0938. The van der Waals surface area contributed by atoms with Gasteiger partial charge in [-0.1, -0.05) is 19.1 Å². The molecule has 1 aromatic carbocycles. The maximum atomic E-state index is 13.8. The third-order valence-corrected chi connectivity index (χ3v) is 3.21. The number of benzene rings is 1. The zero-order valence-corrected chi connectivity index (χ0v) is 10.8. The van der Waals surface area contributed by atoms with E-state index in [1.165, 1.54) is 11.0 Å². The van der Waals surface area contributed by atoms with Gasteiger partial charge in [0, 0.05) is 13.1 Å². The van der Waals surface area contributed by atoms with Gasteiger partial charge < -0.3 is 10.2 Å². The Balaban J connectivity index is 2.33. The number of rotatable bonds is 2. The minimum absolute atomic E-state index is 0.0938. The van der Waals surface area contributed by atoms with E-state index in [0.29, 0.717) is 13.1 Å². The fourth-order valence-corrected chi connectivity index (χ4v) is 2.22. The number of hydrogen-bond donors (Lipinski definition) is 1. The van der Waals surface area contributed by atoms with Gasteiger partial charge in [-0.25, -0.2) is 4.39 Å². The molecule has 0 spiro atoms.